The molecule has 9 heteroatoms. The third-order valence-corrected chi connectivity index (χ3v) is 2.92. The van der Waals surface area contributed by atoms with Crippen molar-refractivity contribution in [3.8, 4) is 0 Å². The molecular weight excluding hydrogens is 364 g/mol. The summed E-state index contributed by atoms with van der Waals surface area (Å²) in [6.45, 7) is 11.0. The Morgan fingerprint density at radius 1 is 0.857 bits per heavy atom. The van der Waals surface area contributed by atoms with Gasteiger partial charge in [0.25, 0.3) is 5.91 Å². The quantitative estimate of drug-likeness (QED) is 0.607. The minimum Gasteiger partial charge on any atom is -0.444 e. The van der Waals surface area contributed by atoms with E-state index in [2.05, 4.69) is 16.0 Å². The lowest BCUT2D eigenvalue weighted by atomic mass is 10.1. The van der Waals surface area contributed by atoms with Gasteiger partial charge < -0.3 is 20.5 Å². The highest BCUT2D eigenvalue weighted by atomic mass is 16.6. The van der Waals surface area contributed by atoms with Crippen LogP contribution >= 0.6 is 0 Å². The molecule has 0 radical (unpaired) electrons. The van der Waals surface area contributed by atoms with E-state index >= 15 is 0 Å². The van der Waals surface area contributed by atoms with Crippen LogP contribution in [0.3, 0.4) is 0 Å². The molecule has 1 aromatic carbocycles. The van der Waals surface area contributed by atoms with Crippen LogP contribution in [-0.4, -0.2) is 42.4 Å². The van der Waals surface area contributed by atoms with Crippen molar-refractivity contribution in [2.75, 3.05) is 23.7 Å². The molecule has 0 spiro atoms. The molecule has 0 bridgehead atoms. The van der Waals surface area contributed by atoms with E-state index < -0.39 is 29.3 Å². The average molecular weight is 394 g/mol. The minimum atomic E-state index is -0.685. The zero-order valence-electron chi connectivity index (χ0n) is 17.3. The molecule has 0 unspecified atom stereocenters. The Labute approximate surface area is 165 Å². The van der Waals surface area contributed by atoms with Crippen molar-refractivity contribution in [2.24, 2.45) is 5.73 Å². The molecule has 9 nitrogen and oxygen atoms in total. The van der Waals surface area contributed by atoms with Crippen LogP contribution in [0.4, 0.5) is 21.0 Å². The minimum absolute atomic E-state index is 0.230. The van der Waals surface area contributed by atoms with Gasteiger partial charge in [-0.25, -0.2) is 9.59 Å². The van der Waals surface area contributed by atoms with Crippen molar-refractivity contribution in [3.05, 3.63) is 23.8 Å². The highest BCUT2D eigenvalue weighted by molar-refractivity contribution is 5.99. The largest absolute Gasteiger partial charge is 0.444 e. The monoisotopic (exact) mass is 394 g/mol. The molecule has 5 N–H and O–H groups in total. The molecule has 0 atom stereocenters. The summed E-state index contributed by atoms with van der Waals surface area (Å²) < 4.78 is 10.4. The molecule has 156 valence electrons. The van der Waals surface area contributed by atoms with Gasteiger partial charge >= 0.3 is 12.2 Å². The van der Waals surface area contributed by atoms with E-state index in [0.717, 1.165) is 0 Å². The van der Waals surface area contributed by atoms with Crippen LogP contribution in [0.1, 0.15) is 51.9 Å². The number of anilines is 2. The first-order chi connectivity index (χ1) is 12.8. The Bertz CT molecular complexity index is 672. The maximum Gasteiger partial charge on any atom is 0.412 e. The zero-order chi connectivity index (χ0) is 21.5. The van der Waals surface area contributed by atoms with Gasteiger partial charge in [0.15, 0.2) is 0 Å². The second-order valence-corrected chi connectivity index (χ2v) is 8.10. The number of ether oxygens (including phenoxy) is 2. The second-order valence-electron chi connectivity index (χ2n) is 8.10. The number of carbonyl (C=O) groups excluding carboxylic acids is 3. The second kappa shape index (κ2) is 9.41. The van der Waals surface area contributed by atoms with E-state index in [0.29, 0.717) is 0 Å². The summed E-state index contributed by atoms with van der Waals surface area (Å²) in [6, 6.07) is 4.43. The predicted octanol–water partition coefficient (Wildman–Crippen LogP) is 3.07. The van der Waals surface area contributed by atoms with Crippen molar-refractivity contribution >= 4 is 29.5 Å². The third-order valence-electron chi connectivity index (χ3n) is 2.92. The molecule has 0 saturated carbocycles. The van der Waals surface area contributed by atoms with Gasteiger partial charge in [0.1, 0.15) is 11.2 Å². The first-order valence-electron chi connectivity index (χ1n) is 8.92. The fourth-order valence-electron chi connectivity index (χ4n) is 2.03. The van der Waals surface area contributed by atoms with Crippen molar-refractivity contribution < 1.29 is 23.9 Å². The lowest BCUT2D eigenvalue weighted by molar-refractivity contribution is 0.0625. The molecule has 0 aromatic heterocycles. The molecule has 0 fully saturated rings. The first kappa shape index (κ1) is 23.2. The molecular formula is C19H30N4O5. The molecule has 0 aliphatic rings. The van der Waals surface area contributed by atoms with Gasteiger partial charge in [-0.15, -0.1) is 0 Å². The van der Waals surface area contributed by atoms with Crippen LogP contribution < -0.4 is 21.7 Å². The third kappa shape index (κ3) is 9.22. The fourth-order valence-corrected chi connectivity index (χ4v) is 2.03. The van der Waals surface area contributed by atoms with E-state index in [9.17, 15) is 14.4 Å². The van der Waals surface area contributed by atoms with Crippen LogP contribution in [-0.2, 0) is 9.47 Å². The van der Waals surface area contributed by atoms with E-state index in [4.69, 9.17) is 15.2 Å². The van der Waals surface area contributed by atoms with Crippen molar-refractivity contribution in [1.82, 2.24) is 5.32 Å². The Balaban J connectivity index is 3.08. The van der Waals surface area contributed by atoms with E-state index in [1.165, 1.54) is 18.2 Å². The molecule has 3 amide bonds. The Morgan fingerprint density at radius 3 is 1.64 bits per heavy atom. The Kier molecular flexibility index (Phi) is 7.80. The van der Waals surface area contributed by atoms with E-state index in [1.807, 2.05) is 0 Å². The van der Waals surface area contributed by atoms with Crippen LogP contribution in [0, 0.1) is 0 Å². The van der Waals surface area contributed by atoms with Crippen molar-refractivity contribution in [2.45, 2.75) is 52.7 Å². The number of nitrogens with one attached hydrogen (secondary N) is 3. The Hall–Kier alpha value is -2.81. The molecule has 0 saturated heterocycles. The molecule has 1 aromatic rings. The molecule has 0 aliphatic carbocycles. The average Bonchev–Trinajstić information content (AvgIpc) is 2.48. The molecule has 28 heavy (non-hydrogen) atoms. The summed E-state index contributed by atoms with van der Waals surface area (Å²) in [4.78, 5) is 36.4. The van der Waals surface area contributed by atoms with Crippen LogP contribution in [0.15, 0.2) is 18.2 Å². The van der Waals surface area contributed by atoms with Gasteiger partial charge in [-0.05, 0) is 59.7 Å². The number of carbonyl (C=O) groups is 3. The zero-order valence-corrected chi connectivity index (χ0v) is 17.3. The van der Waals surface area contributed by atoms with Gasteiger partial charge in [0.2, 0.25) is 0 Å². The van der Waals surface area contributed by atoms with Gasteiger partial charge in [-0.1, -0.05) is 0 Å². The topological polar surface area (TPSA) is 132 Å². The number of nitrogens with two attached hydrogens (primary N) is 1. The molecule has 0 aliphatic heterocycles. The maximum absolute atomic E-state index is 12.3. The summed E-state index contributed by atoms with van der Waals surface area (Å²) in [5, 5.41) is 7.74. The summed E-state index contributed by atoms with van der Waals surface area (Å²) in [5.41, 5.74) is 4.82. The lowest BCUT2D eigenvalue weighted by Gasteiger charge is -2.21. The summed E-state index contributed by atoms with van der Waals surface area (Å²) >= 11 is 0. The highest BCUT2D eigenvalue weighted by Crippen LogP contribution is 2.21. The van der Waals surface area contributed by atoms with Crippen LogP contribution in [0.5, 0.6) is 0 Å². The number of hydrogen-bond donors (Lipinski definition) is 4. The van der Waals surface area contributed by atoms with Crippen LogP contribution in [0.2, 0.25) is 0 Å². The van der Waals surface area contributed by atoms with E-state index in [1.54, 1.807) is 41.5 Å². The van der Waals surface area contributed by atoms with Gasteiger partial charge in [0, 0.05) is 30.0 Å². The molecule has 0 heterocycles. The standard InChI is InChI=1S/C19H30N4O5/c1-18(2,3)27-16(25)22-13-9-12(15(24)21-8-7-20)10-14(11-13)23-17(26)28-19(4,5)6/h9-11H,7-8,20H2,1-6H3,(H,21,24)(H,22,25)(H,23,26). The van der Waals surface area contributed by atoms with E-state index in [-0.39, 0.29) is 30.0 Å². The Morgan fingerprint density at radius 2 is 1.29 bits per heavy atom. The lowest BCUT2D eigenvalue weighted by Crippen LogP contribution is -2.30. The smallest absolute Gasteiger partial charge is 0.412 e. The number of benzene rings is 1. The van der Waals surface area contributed by atoms with Gasteiger partial charge in [-0.3, -0.25) is 15.4 Å². The molecule has 1 rings (SSSR count). The summed E-state index contributed by atoms with van der Waals surface area (Å²) in [5.74, 6) is -0.398. The van der Waals surface area contributed by atoms with Crippen molar-refractivity contribution in [3.63, 3.8) is 0 Å². The summed E-state index contributed by atoms with van der Waals surface area (Å²) in [7, 11) is 0. The first-order valence-corrected chi connectivity index (χ1v) is 8.92. The van der Waals surface area contributed by atoms with Gasteiger partial charge in [-0.2, -0.15) is 0 Å². The van der Waals surface area contributed by atoms with Crippen molar-refractivity contribution in [1.29, 1.82) is 0 Å². The predicted molar refractivity (Wildman–Crippen MR) is 108 cm³/mol. The number of rotatable bonds is 5. The summed E-state index contributed by atoms with van der Waals surface area (Å²) in [6.07, 6.45) is -1.37. The fraction of sp³-hybridized carbons (Fsp3) is 0.526. The maximum atomic E-state index is 12.3. The number of hydrogen-bond acceptors (Lipinski definition) is 6. The number of amides is 3. The SMILES string of the molecule is CC(C)(C)OC(=O)Nc1cc(NC(=O)OC(C)(C)C)cc(C(=O)NCCN)c1. The van der Waals surface area contributed by atoms with Crippen LogP contribution in [0.25, 0.3) is 0 Å². The normalized spacial score (nSPS) is 11.4. The highest BCUT2D eigenvalue weighted by Gasteiger charge is 2.19. The van der Waals surface area contributed by atoms with Gasteiger partial charge in [0.05, 0.1) is 0 Å².